The molecule has 1 heterocycles. The van der Waals surface area contributed by atoms with Gasteiger partial charge in [0.2, 0.25) is 0 Å². The first-order valence-electron chi connectivity index (χ1n) is 7.99. The average Bonchev–Trinajstić information content (AvgIpc) is 2.78. The van der Waals surface area contributed by atoms with E-state index in [4.69, 9.17) is 9.47 Å². The van der Waals surface area contributed by atoms with Crippen LogP contribution in [0.5, 0.6) is 0 Å². The Labute approximate surface area is 151 Å². The number of nitrogens with zero attached hydrogens (tertiary/aromatic N) is 2. The van der Waals surface area contributed by atoms with E-state index in [0.29, 0.717) is 0 Å². The predicted octanol–water partition coefficient (Wildman–Crippen LogP) is 0.796. The second-order valence-electron chi connectivity index (χ2n) is 5.74. The van der Waals surface area contributed by atoms with E-state index in [-0.39, 0.29) is 50.3 Å². The van der Waals surface area contributed by atoms with Crippen molar-refractivity contribution in [2.45, 2.75) is 26.7 Å². The normalized spacial score (nSPS) is 13.8. The van der Waals surface area contributed by atoms with Gasteiger partial charge in [0.25, 0.3) is 0 Å². The molecule has 0 unspecified atom stereocenters. The van der Waals surface area contributed by atoms with Crippen molar-refractivity contribution in [3.8, 4) is 0 Å². The van der Waals surface area contributed by atoms with Crippen LogP contribution < -0.4 is 0 Å². The Bertz CT molecular complexity index is 599. The Morgan fingerprint density at radius 2 is 1.15 bits per heavy atom. The summed E-state index contributed by atoms with van der Waals surface area (Å²) in [4.78, 5) is 60.0. The molecule has 1 aliphatic heterocycles. The maximum Gasteiger partial charge on any atom is 0.334 e. The molecule has 0 aliphatic carbocycles. The summed E-state index contributed by atoms with van der Waals surface area (Å²) in [6.07, 6.45) is 0.404. The van der Waals surface area contributed by atoms with Crippen molar-refractivity contribution in [3.05, 3.63) is 24.3 Å². The van der Waals surface area contributed by atoms with Crippen LogP contribution in [0.4, 0.5) is 4.79 Å². The minimum atomic E-state index is -0.930. The van der Waals surface area contributed by atoms with Crippen LogP contribution in [0.3, 0.4) is 0 Å². The minimum absolute atomic E-state index is 0.00615. The zero-order chi connectivity index (χ0) is 19.9. The molecule has 0 radical (unpaired) electrons. The van der Waals surface area contributed by atoms with Gasteiger partial charge in [0, 0.05) is 24.2 Å². The molecule has 9 heteroatoms. The number of carbonyl (C=O) groups is 5. The molecule has 0 aromatic heterocycles. The highest BCUT2D eigenvalue weighted by atomic mass is 16.5. The Hall–Kier alpha value is -2.97. The molecule has 4 amide bonds. The topological polar surface area (TPSA) is 110 Å². The quantitative estimate of drug-likeness (QED) is 0.185. The third-order valence-electron chi connectivity index (χ3n) is 3.35. The van der Waals surface area contributed by atoms with Crippen LogP contribution in [0, 0.1) is 0 Å². The fourth-order valence-corrected chi connectivity index (χ4v) is 1.97. The first-order chi connectivity index (χ1) is 12.2. The van der Waals surface area contributed by atoms with Gasteiger partial charge >= 0.3 is 29.8 Å². The van der Waals surface area contributed by atoms with Crippen LogP contribution in [-0.4, -0.2) is 65.9 Å². The van der Waals surface area contributed by atoms with Crippen LogP contribution in [0.1, 0.15) is 26.7 Å². The van der Waals surface area contributed by atoms with Gasteiger partial charge in [-0.05, 0) is 26.7 Å². The molecule has 26 heavy (non-hydrogen) atoms. The lowest BCUT2D eigenvalue weighted by Crippen LogP contribution is -2.35. The van der Waals surface area contributed by atoms with Crippen molar-refractivity contribution < 1.29 is 33.4 Å². The molecule has 9 nitrogen and oxygen atoms in total. The second-order valence-corrected chi connectivity index (χ2v) is 5.74. The summed E-state index contributed by atoms with van der Waals surface area (Å²) in [6, 6.07) is -0.738. The number of amides is 4. The summed E-state index contributed by atoms with van der Waals surface area (Å²) in [7, 11) is 0. The molecular formula is C17H22N2O7. The number of urea groups is 1. The maximum atomic E-state index is 12.2. The number of carbonyl (C=O) groups excluding carboxylic acids is 5. The summed E-state index contributed by atoms with van der Waals surface area (Å²) < 4.78 is 9.73. The van der Waals surface area contributed by atoms with Crippen LogP contribution >= 0.6 is 0 Å². The van der Waals surface area contributed by atoms with Crippen molar-refractivity contribution in [1.29, 1.82) is 0 Å². The van der Waals surface area contributed by atoms with Gasteiger partial charge in [-0.15, -0.1) is 0 Å². The number of hydrogen-bond donors (Lipinski definition) is 0. The summed E-state index contributed by atoms with van der Waals surface area (Å²) in [5.41, 5.74) is 0.485. The fraction of sp³-hybridized carbons (Fsp3) is 0.471. The van der Waals surface area contributed by atoms with E-state index >= 15 is 0 Å². The van der Waals surface area contributed by atoms with Crippen molar-refractivity contribution in [2.24, 2.45) is 0 Å². The molecule has 0 bridgehead atoms. The first kappa shape index (κ1) is 21.1. The van der Waals surface area contributed by atoms with Crippen LogP contribution in [0.2, 0.25) is 0 Å². The third-order valence-corrected chi connectivity index (χ3v) is 3.35. The summed E-state index contributed by atoms with van der Waals surface area (Å²) in [6.45, 7) is 9.75. The summed E-state index contributed by atoms with van der Waals surface area (Å²) in [5.74, 6) is -2.99. The number of hydrogen-bond acceptors (Lipinski definition) is 7. The highest BCUT2D eigenvalue weighted by Crippen LogP contribution is 2.13. The molecule has 0 aromatic carbocycles. The number of esters is 2. The zero-order valence-corrected chi connectivity index (χ0v) is 14.9. The van der Waals surface area contributed by atoms with E-state index in [0.717, 1.165) is 9.80 Å². The Morgan fingerprint density at radius 3 is 1.46 bits per heavy atom. The van der Waals surface area contributed by atoms with E-state index in [1.807, 2.05) is 0 Å². The largest absolute Gasteiger partial charge is 0.462 e. The average molecular weight is 366 g/mol. The molecule has 0 aromatic rings. The molecule has 0 saturated carbocycles. The number of imide groups is 2. The van der Waals surface area contributed by atoms with E-state index in [1.165, 1.54) is 13.8 Å². The number of rotatable bonds is 10. The van der Waals surface area contributed by atoms with Crippen molar-refractivity contribution in [3.63, 3.8) is 0 Å². The van der Waals surface area contributed by atoms with Gasteiger partial charge < -0.3 is 9.47 Å². The van der Waals surface area contributed by atoms with Crippen molar-refractivity contribution in [2.75, 3.05) is 26.3 Å². The molecule has 1 saturated heterocycles. The lowest BCUT2D eigenvalue weighted by molar-refractivity contribution is -0.144. The van der Waals surface area contributed by atoms with Gasteiger partial charge in [-0.2, -0.15) is 0 Å². The molecule has 1 fully saturated rings. The Kier molecular flexibility index (Phi) is 7.70. The molecule has 0 atom stereocenters. The fourth-order valence-electron chi connectivity index (χ4n) is 1.97. The Morgan fingerprint density at radius 1 is 0.808 bits per heavy atom. The molecular weight excluding hydrogens is 344 g/mol. The lowest BCUT2D eigenvalue weighted by atomic mass is 10.3. The van der Waals surface area contributed by atoms with Crippen LogP contribution in [0.15, 0.2) is 24.3 Å². The van der Waals surface area contributed by atoms with E-state index in [1.54, 1.807) is 0 Å². The van der Waals surface area contributed by atoms with E-state index in [2.05, 4.69) is 13.2 Å². The summed E-state index contributed by atoms with van der Waals surface area (Å²) in [5, 5.41) is 0. The first-order valence-corrected chi connectivity index (χ1v) is 7.99. The molecule has 0 N–H and O–H groups in total. The standard InChI is InChI=1S/C17H22N2O7/c1-11(2)15(22)25-9-5-7-18-13(20)14(21)19(17(18)24)8-6-10-26-16(23)12(3)4/h1,3,5-10H2,2,4H3. The maximum absolute atomic E-state index is 12.2. The predicted molar refractivity (Wildman–Crippen MR) is 89.6 cm³/mol. The van der Waals surface area contributed by atoms with Gasteiger partial charge in [-0.3, -0.25) is 19.4 Å². The molecule has 142 valence electrons. The van der Waals surface area contributed by atoms with E-state index < -0.39 is 29.8 Å². The zero-order valence-electron chi connectivity index (χ0n) is 14.9. The second kappa shape index (κ2) is 9.50. The Balaban J connectivity index is 2.43. The van der Waals surface area contributed by atoms with Crippen LogP contribution in [-0.2, 0) is 28.7 Å². The highest BCUT2D eigenvalue weighted by molar-refractivity contribution is 6.44. The van der Waals surface area contributed by atoms with E-state index in [9.17, 15) is 24.0 Å². The lowest BCUT2D eigenvalue weighted by Gasteiger charge is -2.15. The van der Waals surface area contributed by atoms with Gasteiger partial charge in [-0.25, -0.2) is 14.4 Å². The monoisotopic (exact) mass is 366 g/mol. The molecule has 0 spiro atoms. The SMILES string of the molecule is C=C(C)C(=O)OCCCN1C(=O)C(=O)N(CCCOC(=O)C(=C)C)C1=O. The molecule has 1 rings (SSSR count). The van der Waals surface area contributed by atoms with Crippen molar-refractivity contribution >= 4 is 29.8 Å². The van der Waals surface area contributed by atoms with Gasteiger partial charge in [0.15, 0.2) is 0 Å². The summed E-state index contributed by atoms with van der Waals surface area (Å²) >= 11 is 0. The van der Waals surface area contributed by atoms with Gasteiger partial charge in [-0.1, -0.05) is 13.2 Å². The van der Waals surface area contributed by atoms with Crippen LogP contribution in [0.25, 0.3) is 0 Å². The number of ether oxygens (including phenoxy) is 2. The third kappa shape index (κ3) is 5.54. The van der Waals surface area contributed by atoms with Crippen molar-refractivity contribution in [1.82, 2.24) is 9.80 Å². The smallest absolute Gasteiger partial charge is 0.334 e. The van der Waals surface area contributed by atoms with Gasteiger partial charge in [0.1, 0.15) is 0 Å². The highest BCUT2D eigenvalue weighted by Gasteiger charge is 2.43. The minimum Gasteiger partial charge on any atom is -0.462 e. The molecule has 1 aliphatic rings. The van der Waals surface area contributed by atoms with Gasteiger partial charge in [0.05, 0.1) is 13.2 Å².